The van der Waals surface area contributed by atoms with Crippen LogP contribution in [0.2, 0.25) is 0 Å². The highest BCUT2D eigenvalue weighted by Crippen LogP contribution is 2.23. The van der Waals surface area contributed by atoms with Gasteiger partial charge in [-0.15, -0.1) is 0 Å². The minimum Gasteiger partial charge on any atom is -0.371 e. The normalized spacial score (nSPS) is 21.2. The van der Waals surface area contributed by atoms with Gasteiger partial charge in [-0.1, -0.05) is 12.1 Å². The molecule has 0 aromatic heterocycles. The van der Waals surface area contributed by atoms with Crippen molar-refractivity contribution in [1.82, 2.24) is 16.0 Å². The molecule has 2 heterocycles. The number of piperazine rings is 1. The number of primary amides is 1. The third-order valence-corrected chi connectivity index (χ3v) is 4.99. The average Bonchev–Trinajstić information content (AvgIpc) is 2.67. The van der Waals surface area contributed by atoms with E-state index in [-0.39, 0.29) is 30.2 Å². The van der Waals surface area contributed by atoms with Crippen LogP contribution < -0.4 is 26.6 Å². The van der Waals surface area contributed by atoms with E-state index in [1.807, 2.05) is 24.3 Å². The van der Waals surface area contributed by atoms with Crippen molar-refractivity contribution in [2.75, 3.05) is 31.1 Å². The Labute approximate surface area is 152 Å². The topological polar surface area (TPSA) is 117 Å². The molecule has 8 nitrogen and oxygen atoms in total. The van der Waals surface area contributed by atoms with Crippen molar-refractivity contribution in [3.05, 3.63) is 29.8 Å². The number of benzene rings is 1. The van der Waals surface area contributed by atoms with E-state index >= 15 is 0 Å². The van der Waals surface area contributed by atoms with Crippen molar-refractivity contribution in [2.24, 2.45) is 11.7 Å². The van der Waals surface area contributed by atoms with Crippen molar-refractivity contribution >= 4 is 23.4 Å². The van der Waals surface area contributed by atoms with Crippen LogP contribution in [0.15, 0.2) is 24.3 Å². The Morgan fingerprint density at radius 1 is 1.19 bits per heavy atom. The second-order valence-electron chi connectivity index (χ2n) is 6.79. The van der Waals surface area contributed by atoms with Crippen LogP contribution in [0.3, 0.4) is 0 Å². The summed E-state index contributed by atoms with van der Waals surface area (Å²) in [6.07, 6.45) is 1.58. The van der Waals surface area contributed by atoms with E-state index in [0.717, 1.165) is 37.2 Å². The Kier molecular flexibility index (Phi) is 5.72. The lowest BCUT2D eigenvalue weighted by atomic mass is 9.96. The maximum Gasteiger partial charge on any atom is 0.239 e. The van der Waals surface area contributed by atoms with Crippen molar-refractivity contribution in [3.8, 4) is 0 Å². The van der Waals surface area contributed by atoms with E-state index in [1.165, 1.54) is 0 Å². The molecule has 0 saturated carbocycles. The van der Waals surface area contributed by atoms with Gasteiger partial charge in [0.05, 0.1) is 6.54 Å². The smallest absolute Gasteiger partial charge is 0.239 e. The second-order valence-corrected chi connectivity index (χ2v) is 6.79. The Hall–Kier alpha value is -2.61. The lowest BCUT2D eigenvalue weighted by molar-refractivity contribution is -0.127. The molecular formula is C18H25N5O3. The summed E-state index contributed by atoms with van der Waals surface area (Å²) in [6.45, 7) is 2.56. The fraction of sp³-hybridized carbons (Fsp3) is 0.500. The maximum absolute atomic E-state index is 12.1. The van der Waals surface area contributed by atoms with Crippen LogP contribution in [-0.4, -0.2) is 49.9 Å². The number of hydrogen-bond acceptors (Lipinski definition) is 5. The maximum atomic E-state index is 12.1. The van der Waals surface area contributed by atoms with Crippen LogP contribution in [0.1, 0.15) is 18.4 Å². The van der Waals surface area contributed by atoms with Gasteiger partial charge in [0, 0.05) is 37.8 Å². The highest BCUT2D eigenvalue weighted by Gasteiger charge is 2.24. The molecule has 3 rings (SSSR count). The summed E-state index contributed by atoms with van der Waals surface area (Å²) in [5.41, 5.74) is 7.49. The molecule has 26 heavy (non-hydrogen) atoms. The number of piperidine rings is 1. The number of amides is 3. The molecule has 1 aromatic rings. The highest BCUT2D eigenvalue weighted by molar-refractivity contribution is 5.86. The first-order valence-corrected chi connectivity index (χ1v) is 8.94. The third kappa shape index (κ3) is 4.51. The van der Waals surface area contributed by atoms with Crippen molar-refractivity contribution in [3.63, 3.8) is 0 Å². The molecule has 0 spiro atoms. The highest BCUT2D eigenvalue weighted by atomic mass is 16.2. The van der Waals surface area contributed by atoms with Gasteiger partial charge in [0.15, 0.2) is 0 Å². The zero-order chi connectivity index (χ0) is 18.5. The average molecular weight is 359 g/mol. The van der Waals surface area contributed by atoms with Gasteiger partial charge in [-0.25, -0.2) is 0 Å². The molecule has 140 valence electrons. The molecule has 2 aliphatic rings. The first kappa shape index (κ1) is 18.2. The molecule has 5 N–H and O–H groups in total. The van der Waals surface area contributed by atoms with Crippen LogP contribution in [0.25, 0.3) is 0 Å². The molecule has 2 aliphatic heterocycles. The summed E-state index contributed by atoms with van der Waals surface area (Å²) in [6, 6.07) is 7.66. The number of nitrogens with two attached hydrogens (primary N) is 1. The van der Waals surface area contributed by atoms with Gasteiger partial charge in [0.2, 0.25) is 17.7 Å². The molecule has 8 heteroatoms. The van der Waals surface area contributed by atoms with E-state index < -0.39 is 6.04 Å². The second kappa shape index (κ2) is 8.18. The zero-order valence-electron chi connectivity index (χ0n) is 14.7. The van der Waals surface area contributed by atoms with Gasteiger partial charge < -0.3 is 21.3 Å². The first-order chi connectivity index (χ1) is 12.5. The number of hydrogen-bond donors (Lipinski definition) is 4. The molecule has 1 atom stereocenters. The number of nitrogens with one attached hydrogen (secondary N) is 3. The number of carbonyl (C=O) groups is 3. The van der Waals surface area contributed by atoms with E-state index in [2.05, 4.69) is 20.9 Å². The van der Waals surface area contributed by atoms with Crippen LogP contribution in [0.4, 0.5) is 5.69 Å². The zero-order valence-corrected chi connectivity index (χ0v) is 14.7. The molecule has 1 unspecified atom stereocenters. The van der Waals surface area contributed by atoms with Gasteiger partial charge >= 0.3 is 0 Å². The molecule has 2 saturated heterocycles. The van der Waals surface area contributed by atoms with Crippen molar-refractivity contribution in [2.45, 2.75) is 25.4 Å². The first-order valence-electron chi connectivity index (χ1n) is 8.94. The minimum atomic E-state index is -0.390. The Morgan fingerprint density at radius 3 is 2.46 bits per heavy atom. The summed E-state index contributed by atoms with van der Waals surface area (Å²) in [4.78, 5) is 36.7. The summed E-state index contributed by atoms with van der Waals surface area (Å²) in [5.74, 6) is -0.436. The summed E-state index contributed by atoms with van der Waals surface area (Å²) in [7, 11) is 0. The molecule has 1 aromatic carbocycles. The van der Waals surface area contributed by atoms with Crippen molar-refractivity contribution < 1.29 is 14.4 Å². The van der Waals surface area contributed by atoms with Gasteiger partial charge in [0.25, 0.3) is 0 Å². The Bertz CT molecular complexity index is 658. The largest absolute Gasteiger partial charge is 0.371 e. The monoisotopic (exact) mass is 359 g/mol. The van der Waals surface area contributed by atoms with Gasteiger partial charge in [-0.2, -0.15) is 0 Å². The number of carbonyl (C=O) groups excluding carboxylic acids is 3. The van der Waals surface area contributed by atoms with Crippen molar-refractivity contribution in [1.29, 1.82) is 0 Å². The lowest BCUT2D eigenvalue weighted by Gasteiger charge is -2.32. The van der Waals surface area contributed by atoms with Gasteiger partial charge in [0.1, 0.15) is 6.04 Å². The fourth-order valence-corrected chi connectivity index (χ4v) is 3.31. The van der Waals surface area contributed by atoms with Crippen LogP contribution in [-0.2, 0) is 20.9 Å². The van der Waals surface area contributed by atoms with E-state index in [4.69, 9.17) is 5.73 Å². The molecule has 3 amide bonds. The standard InChI is InChI=1S/C18H25N5O3/c19-17(25)13-5-7-23(8-6-13)14-3-1-12(2-4-14)9-22-18(26)15-10-21-16(24)11-20-15/h1-4,13,15,20H,5-11H2,(H2,19,25)(H,21,24)(H,22,26). The van der Waals surface area contributed by atoms with Crippen LogP contribution in [0.5, 0.6) is 0 Å². The third-order valence-electron chi connectivity index (χ3n) is 4.99. The number of rotatable bonds is 5. The molecule has 0 aliphatic carbocycles. The van der Waals surface area contributed by atoms with Gasteiger partial charge in [-0.05, 0) is 30.5 Å². The minimum absolute atomic E-state index is 0.0149. The summed E-state index contributed by atoms with van der Waals surface area (Å²) in [5, 5.41) is 8.46. The summed E-state index contributed by atoms with van der Waals surface area (Å²) < 4.78 is 0. The predicted molar refractivity (Wildman–Crippen MR) is 97.2 cm³/mol. The molecule has 2 fully saturated rings. The molecular weight excluding hydrogens is 334 g/mol. The lowest BCUT2D eigenvalue weighted by Crippen LogP contribution is -2.57. The quantitative estimate of drug-likeness (QED) is 0.543. The van der Waals surface area contributed by atoms with E-state index in [0.29, 0.717) is 13.1 Å². The Morgan fingerprint density at radius 2 is 1.88 bits per heavy atom. The van der Waals surface area contributed by atoms with Crippen LogP contribution in [0, 0.1) is 5.92 Å². The molecule has 0 bridgehead atoms. The van der Waals surface area contributed by atoms with Gasteiger partial charge in [-0.3, -0.25) is 19.7 Å². The number of anilines is 1. The SMILES string of the molecule is NC(=O)C1CCN(c2ccc(CNC(=O)C3CNC(=O)CN3)cc2)CC1. The number of nitrogens with zero attached hydrogens (tertiary/aromatic N) is 1. The summed E-state index contributed by atoms with van der Waals surface area (Å²) >= 11 is 0. The van der Waals surface area contributed by atoms with Crippen LogP contribution >= 0.6 is 0 Å². The van der Waals surface area contributed by atoms with E-state index in [9.17, 15) is 14.4 Å². The fourth-order valence-electron chi connectivity index (χ4n) is 3.31. The van der Waals surface area contributed by atoms with E-state index in [1.54, 1.807) is 0 Å². The molecule has 0 radical (unpaired) electrons. The Balaban J connectivity index is 1.46. The predicted octanol–water partition coefficient (Wildman–Crippen LogP) is -0.907.